The summed E-state index contributed by atoms with van der Waals surface area (Å²) in [6.07, 6.45) is -5.25. The van der Waals surface area contributed by atoms with Gasteiger partial charge in [-0.3, -0.25) is 4.98 Å². The summed E-state index contributed by atoms with van der Waals surface area (Å²) in [6, 6.07) is 14.3. The number of fused-ring (bicyclic) bond motifs is 3. The van der Waals surface area contributed by atoms with Crippen LogP contribution in [0.2, 0.25) is 0 Å². The lowest BCUT2D eigenvalue weighted by atomic mass is 10.0. The van der Waals surface area contributed by atoms with E-state index in [4.69, 9.17) is 0 Å². The van der Waals surface area contributed by atoms with Crippen molar-refractivity contribution >= 4 is 21.7 Å². The second-order valence-electron chi connectivity index (χ2n) is 4.41. The molecule has 2 aromatic carbocycles. The Kier molecular flexibility index (Phi) is 2.66. The Balaban J connectivity index is 2.36. The number of hydrogen-bond acceptors (Lipinski definition) is 1. The number of para-hydroxylation sites is 1. The minimum Gasteiger partial charge on any atom is -0.252 e. The largest absolute Gasteiger partial charge is 0.394 e. The van der Waals surface area contributed by atoms with Gasteiger partial charge in [0.1, 0.15) is 0 Å². The summed E-state index contributed by atoms with van der Waals surface area (Å²) in [5.41, 5.74) is 0.683. The Morgan fingerprint density at radius 1 is 0.789 bits per heavy atom. The Hall–Kier alpha value is -2.10. The third-order valence-corrected chi connectivity index (χ3v) is 3.06. The van der Waals surface area contributed by atoms with Crippen molar-refractivity contribution in [2.24, 2.45) is 0 Å². The highest BCUT2D eigenvalue weighted by Crippen LogP contribution is 2.30. The molecule has 1 nitrogen and oxygen atoms in total. The molecule has 0 aliphatic rings. The topological polar surface area (TPSA) is 12.9 Å². The first-order valence-electron chi connectivity index (χ1n) is 5.88. The van der Waals surface area contributed by atoms with Crippen molar-refractivity contribution in [1.82, 2.24) is 4.98 Å². The van der Waals surface area contributed by atoms with Gasteiger partial charge in [0.15, 0.2) is 0 Å². The molecule has 0 unspecified atom stereocenters. The molecule has 0 aliphatic carbocycles. The number of hydrogen-bond donors (Lipinski definition) is 0. The molecule has 0 atom stereocenters. The highest BCUT2D eigenvalue weighted by atomic mass is 19.4. The number of rotatable bonds is 1. The lowest BCUT2D eigenvalue weighted by Gasteiger charge is -2.11. The number of pyridine rings is 1. The molecule has 3 rings (SSSR count). The zero-order chi connectivity index (χ0) is 13.5. The first-order valence-corrected chi connectivity index (χ1v) is 5.88. The van der Waals surface area contributed by atoms with E-state index in [0.717, 1.165) is 10.8 Å². The molecule has 0 aliphatic heterocycles. The Morgan fingerprint density at radius 3 is 2.05 bits per heavy atom. The third-order valence-electron chi connectivity index (χ3n) is 3.06. The monoisotopic (exact) mass is 261 g/mol. The number of aromatic nitrogens is 1. The average molecular weight is 261 g/mol. The van der Waals surface area contributed by atoms with E-state index in [9.17, 15) is 13.2 Å². The second-order valence-corrected chi connectivity index (χ2v) is 4.41. The predicted molar refractivity (Wildman–Crippen MR) is 69.0 cm³/mol. The van der Waals surface area contributed by atoms with Crippen molar-refractivity contribution < 1.29 is 13.2 Å². The average Bonchev–Trinajstić information content (AvgIpc) is 2.37. The Morgan fingerprint density at radius 2 is 1.37 bits per heavy atom. The van der Waals surface area contributed by atoms with E-state index < -0.39 is 12.6 Å². The normalized spacial score (nSPS) is 12.2. The number of nitrogens with zero attached hydrogens (tertiary/aromatic N) is 1. The molecule has 4 heteroatoms. The van der Waals surface area contributed by atoms with E-state index in [1.54, 1.807) is 24.3 Å². The SMILES string of the molecule is FC(F)(F)Cc1nc2ccccc2c2ccccc12. The first-order chi connectivity index (χ1) is 9.04. The highest BCUT2D eigenvalue weighted by molar-refractivity contribution is 6.06. The molecular weight excluding hydrogens is 251 g/mol. The maximum absolute atomic E-state index is 12.6. The third kappa shape index (κ3) is 2.26. The van der Waals surface area contributed by atoms with Crippen molar-refractivity contribution in [3.05, 3.63) is 54.2 Å². The van der Waals surface area contributed by atoms with Gasteiger partial charge in [0.25, 0.3) is 0 Å². The van der Waals surface area contributed by atoms with E-state index in [1.165, 1.54) is 0 Å². The van der Waals surface area contributed by atoms with Gasteiger partial charge in [0.05, 0.1) is 17.6 Å². The van der Waals surface area contributed by atoms with Gasteiger partial charge in [-0.05, 0) is 11.5 Å². The quantitative estimate of drug-likeness (QED) is 0.588. The fourth-order valence-electron chi connectivity index (χ4n) is 2.30. The molecule has 0 radical (unpaired) electrons. The summed E-state index contributed by atoms with van der Waals surface area (Å²) < 4.78 is 37.9. The molecule has 3 aromatic rings. The molecule has 1 heterocycles. The highest BCUT2D eigenvalue weighted by Gasteiger charge is 2.29. The van der Waals surface area contributed by atoms with Crippen LogP contribution in [0, 0.1) is 0 Å². The van der Waals surface area contributed by atoms with Crippen LogP contribution < -0.4 is 0 Å². The molecule has 19 heavy (non-hydrogen) atoms. The van der Waals surface area contributed by atoms with Gasteiger partial charge in [-0.2, -0.15) is 13.2 Å². The van der Waals surface area contributed by atoms with Crippen molar-refractivity contribution in [2.45, 2.75) is 12.6 Å². The van der Waals surface area contributed by atoms with Crippen LogP contribution in [0.5, 0.6) is 0 Å². The lowest BCUT2D eigenvalue weighted by molar-refractivity contribution is -0.127. The minimum absolute atomic E-state index is 0.0850. The van der Waals surface area contributed by atoms with Crippen LogP contribution in [0.3, 0.4) is 0 Å². The molecule has 96 valence electrons. The van der Waals surface area contributed by atoms with E-state index in [2.05, 4.69) is 4.98 Å². The van der Waals surface area contributed by atoms with Gasteiger partial charge < -0.3 is 0 Å². The predicted octanol–water partition coefficient (Wildman–Crippen LogP) is 4.49. The van der Waals surface area contributed by atoms with E-state index in [0.29, 0.717) is 10.9 Å². The summed E-state index contributed by atoms with van der Waals surface area (Å²) >= 11 is 0. The molecule has 0 amide bonds. The van der Waals surface area contributed by atoms with E-state index in [-0.39, 0.29) is 5.69 Å². The molecular formula is C15H10F3N. The minimum atomic E-state index is -4.25. The maximum atomic E-state index is 12.6. The van der Waals surface area contributed by atoms with Crippen LogP contribution in [0.25, 0.3) is 21.7 Å². The summed E-state index contributed by atoms with van der Waals surface area (Å²) in [5.74, 6) is 0. The van der Waals surface area contributed by atoms with Crippen LogP contribution in [-0.4, -0.2) is 11.2 Å². The zero-order valence-electron chi connectivity index (χ0n) is 9.91. The molecule has 0 fully saturated rings. The summed E-state index contributed by atoms with van der Waals surface area (Å²) in [4.78, 5) is 4.17. The molecule has 0 N–H and O–H groups in total. The van der Waals surface area contributed by atoms with Gasteiger partial charge in [0, 0.05) is 10.8 Å². The van der Waals surface area contributed by atoms with Crippen LogP contribution in [0.15, 0.2) is 48.5 Å². The van der Waals surface area contributed by atoms with E-state index in [1.807, 2.05) is 24.3 Å². The smallest absolute Gasteiger partial charge is 0.252 e. The summed E-state index contributed by atoms with van der Waals surface area (Å²) in [5, 5.41) is 2.26. The standard InChI is InChI=1S/C15H10F3N/c16-15(17,18)9-14-12-7-2-1-5-10(12)11-6-3-4-8-13(11)19-14/h1-8H,9H2. The molecule has 0 spiro atoms. The number of benzene rings is 2. The van der Waals surface area contributed by atoms with Crippen LogP contribution in [0.4, 0.5) is 13.2 Å². The van der Waals surface area contributed by atoms with Gasteiger partial charge in [-0.25, -0.2) is 0 Å². The summed E-state index contributed by atoms with van der Waals surface area (Å²) in [7, 11) is 0. The summed E-state index contributed by atoms with van der Waals surface area (Å²) in [6.45, 7) is 0. The van der Waals surface area contributed by atoms with Gasteiger partial charge in [0.2, 0.25) is 0 Å². The van der Waals surface area contributed by atoms with Crippen LogP contribution in [-0.2, 0) is 6.42 Å². The molecule has 1 aromatic heterocycles. The zero-order valence-corrected chi connectivity index (χ0v) is 9.91. The van der Waals surface area contributed by atoms with Gasteiger partial charge in [-0.1, -0.05) is 42.5 Å². The van der Waals surface area contributed by atoms with Crippen LogP contribution in [0.1, 0.15) is 5.69 Å². The second kappa shape index (κ2) is 4.23. The van der Waals surface area contributed by atoms with Gasteiger partial charge >= 0.3 is 6.18 Å². The van der Waals surface area contributed by atoms with Crippen molar-refractivity contribution in [2.75, 3.05) is 0 Å². The molecule has 0 saturated carbocycles. The lowest BCUT2D eigenvalue weighted by Crippen LogP contribution is -2.13. The fraction of sp³-hybridized carbons (Fsp3) is 0.133. The Bertz CT molecular complexity index is 747. The van der Waals surface area contributed by atoms with Crippen molar-refractivity contribution in [1.29, 1.82) is 0 Å². The van der Waals surface area contributed by atoms with Gasteiger partial charge in [-0.15, -0.1) is 0 Å². The molecule has 0 bridgehead atoms. The first kappa shape index (κ1) is 12.0. The Labute approximate surface area is 107 Å². The van der Waals surface area contributed by atoms with Crippen molar-refractivity contribution in [3.63, 3.8) is 0 Å². The number of alkyl halides is 3. The molecule has 0 saturated heterocycles. The fourth-order valence-corrected chi connectivity index (χ4v) is 2.30. The van der Waals surface area contributed by atoms with Crippen molar-refractivity contribution in [3.8, 4) is 0 Å². The number of halogens is 3. The van der Waals surface area contributed by atoms with E-state index >= 15 is 0 Å². The maximum Gasteiger partial charge on any atom is 0.394 e. The van der Waals surface area contributed by atoms with Crippen LogP contribution >= 0.6 is 0 Å².